The van der Waals surface area contributed by atoms with E-state index in [1.54, 1.807) is 0 Å². The molecule has 0 amide bonds. The van der Waals surface area contributed by atoms with Crippen molar-refractivity contribution < 1.29 is 7.56 Å². The standard InChI is InChI=1S/2C7H15O.2C4H9.2CH3.O.2Sn/c2*1-2-3-4-5-6-7-8;2*1-3-4-2;;;;;/h2*2-7H2,1H3;2*1,3-4H2,2H3;2*1H3;;;/q2*-1;;;;;;2*+1. The van der Waals surface area contributed by atoms with Gasteiger partial charge in [0.05, 0.1) is 0 Å². The van der Waals surface area contributed by atoms with Crippen LogP contribution in [0.1, 0.15) is 118 Å². The molecule has 0 aliphatic heterocycles. The van der Waals surface area contributed by atoms with Gasteiger partial charge in [0, 0.05) is 0 Å². The Hall–Kier alpha value is 1.48. The van der Waals surface area contributed by atoms with Crippen LogP contribution in [0.4, 0.5) is 0 Å². The Morgan fingerprint density at radius 2 is 0.793 bits per heavy atom. The molecular formula is C24H54O3Sn2. The van der Waals surface area contributed by atoms with E-state index in [1.165, 1.54) is 98.8 Å². The molecule has 0 aliphatic carbocycles. The number of hydrogen-bond acceptors (Lipinski definition) is 3. The van der Waals surface area contributed by atoms with E-state index in [9.17, 15) is 0 Å². The molecule has 0 aromatic rings. The van der Waals surface area contributed by atoms with Crippen molar-refractivity contribution in [2.24, 2.45) is 0 Å². The van der Waals surface area contributed by atoms with Gasteiger partial charge in [0.1, 0.15) is 0 Å². The molecule has 0 rings (SSSR count). The van der Waals surface area contributed by atoms with E-state index >= 15 is 0 Å². The van der Waals surface area contributed by atoms with Gasteiger partial charge in [-0.15, -0.1) is 0 Å². The van der Waals surface area contributed by atoms with Gasteiger partial charge in [-0.1, -0.05) is 0 Å². The van der Waals surface area contributed by atoms with Crippen LogP contribution in [-0.2, 0) is 7.56 Å². The first-order valence-corrected chi connectivity index (χ1v) is 27.3. The average molecular weight is 628 g/mol. The van der Waals surface area contributed by atoms with Crippen LogP contribution >= 0.6 is 0 Å². The normalized spacial score (nSPS) is 15.9. The van der Waals surface area contributed by atoms with Crippen molar-refractivity contribution in [2.45, 2.75) is 136 Å². The molecular weight excluding hydrogens is 574 g/mol. The van der Waals surface area contributed by atoms with E-state index in [2.05, 4.69) is 37.6 Å². The van der Waals surface area contributed by atoms with Gasteiger partial charge in [-0.2, -0.15) is 0 Å². The van der Waals surface area contributed by atoms with Crippen molar-refractivity contribution in [1.82, 2.24) is 0 Å². The second-order valence-electron chi connectivity index (χ2n) is 9.10. The summed E-state index contributed by atoms with van der Waals surface area (Å²) < 4.78 is 22.7. The van der Waals surface area contributed by atoms with Gasteiger partial charge < -0.3 is 0 Å². The first-order valence-electron chi connectivity index (χ1n) is 12.9. The Bertz CT molecular complexity index is 325. The van der Waals surface area contributed by atoms with Crippen molar-refractivity contribution >= 4 is 38.4 Å². The molecule has 0 aromatic heterocycles. The maximum atomic E-state index is 7.06. The van der Waals surface area contributed by atoms with E-state index in [4.69, 9.17) is 7.56 Å². The molecule has 0 saturated carbocycles. The van der Waals surface area contributed by atoms with Crippen molar-refractivity contribution in [3.8, 4) is 0 Å². The summed E-state index contributed by atoms with van der Waals surface area (Å²) in [6.45, 7) is 10.9. The van der Waals surface area contributed by atoms with Crippen molar-refractivity contribution in [3.05, 3.63) is 0 Å². The molecule has 176 valence electrons. The van der Waals surface area contributed by atoms with Gasteiger partial charge in [-0.05, 0) is 0 Å². The SMILES string of the molecule is CCCCCCC[O][Sn]([CH3])([CH2]CCC)[O][Sn]([CH3])([CH2]CCC)[O]CCCCCCC. The summed E-state index contributed by atoms with van der Waals surface area (Å²) in [5.74, 6) is 0. The van der Waals surface area contributed by atoms with E-state index < -0.39 is 38.4 Å². The van der Waals surface area contributed by atoms with Crippen molar-refractivity contribution in [1.29, 1.82) is 0 Å². The molecule has 3 nitrogen and oxygen atoms in total. The van der Waals surface area contributed by atoms with E-state index in [1.807, 2.05) is 0 Å². The third-order valence-electron chi connectivity index (χ3n) is 5.71. The minimum atomic E-state index is -3.00. The van der Waals surface area contributed by atoms with Crippen molar-refractivity contribution in [3.63, 3.8) is 0 Å². The zero-order valence-corrected chi connectivity index (χ0v) is 26.7. The topological polar surface area (TPSA) is 27.7 Å². The van der Waals surface area contributed by atoms with Crippen LogP contribution < -0.4 is 0 Å². The molecule has 0 N–H and O–H groups in total. The fourth-order valence-corrected chi connectivity index (χ4v) is 40.7. The van der Waals surface area contributed by atoms with Crippen LogP contribution in [-0.4, -0.2) is 51.6 Å². The second-order valence-corrected chi connectivity index (χ2v) is 31.0. The molecule has 2 atom stereocenters. The van der Waals surface area contributed by atoms with Gasteiger partial charge in [-0.3, -0.25) is 0 Å². The summed E-state index contributed by atoms with van der Waals surface area (Å²) in [7, 11) is 0. The predicted molar refractivity (Wildman–Crippen MR) is 133 cm³/mol. The summed E-state index contributed by atoms with van der Waals surface area (Å²) in [5, 5.41) is 0. The van der Waals surface area contributed by atoms with Crippen molar-refractivity contribution in [2.75, 3.05) is 13.2 Å². The molecule has 0 spiro atoms. The molecule has 29 heavy (non-hydrogen) atoms. The summed E-state index contributed by atoms with van der Waals surface area (Å²) >= 11 is -5.99. The summed E-state index contributed by atoms with van der Waals surface area (Å²) in [4.78, 5) is 4.78. The van der Waals surface area contributed by atoms with E-state index in [0.29, 0.717) is 0 Å². The van der Waals surface area contributed by atoms with Crippen LogP contribution in [0.5, 0.6) is 0 Å². The quantitative estimate of drug-likeness (QED) is 0.0888. The maximum absolute atomic E-state index is 7.06. The molecule has 0 heterocycles. The molecule has 0 fully saturated rings. The number of rotatable bonds is 22. The van der Waals surface area contributed by atoms with Crippen LogP contribution in [0.25, 0.3) is 0 Å². The molecule has 0 bridgehead atoms. The van der Waals surface area contributed by atoms with E-state index in [0.717, 1.165) is 13.2 Å². The zero-order valence-electron chi connectivity index (χ0n) is 21.0. The zero-order chi connectivity index (χ0) is 21.8. The number of unbranched alkanes of at least 4 members (excludes halogenated alkanes) is 10. The monoisotopic (exact) mass is 630 g/mol. The summed E-state index contributed by atoms with van der Waals surface area (Å²) in [6.07, 6.45) is 17.9. The fourth-order valence-electron chi connectivity index (χ4n) is 3.75. The van der Waals surface area contributed by atoms with Gasteiger partial charge in [0.15, 0.2) is 0 Å². The number of hydrogen-bond donors (Lipinski definition) is 0. The molecule has 0 saturated heterocycles. The predicted octanol–water partition coefficient (Wildman–Crippen LogP) is 8.72. The van der Waals surface area contributed by atoms with Gasteiger partial charge >= 0.3 is 196 Å². The molecule has 0 aliphatic rings. The molecule has 5 heteroatoms. The van der Waals surface area contributed by atoms with Crippen LogP contribution in [0.15, 0.2) is 0 Å². The summed E-state index contributed by atoms with van der Waals surface area (Å²) in [6, 6.07) is 0. The first kappa shape index (κ1) is 30.5. The van der Waals surface area contributed by atoms with Crippen LogP contribution in [0, 0.1) is 0 Å². The molecule has 0 aromatic carbocycles. The third-order valence-corrected chi connectivity index (χ3v) is 36.6. The third kappa shape index (κ3) is 17.7. The first-order chi connectivity index (χ1) is 13.9. The average Bonchev–Trinajstić information content (AvgIpc) is 2.70. The Kier molecular flexibility index (Phi) is 21.1. The van der Waals surface area contributed by atoms with Gasteiger partial charge in [0.2, 0.25) is 0 Å². The minimum absolute atomic E-state index is 0.909. The summed E-state index contributed by atoms with van der Waals surface area (Å²) in [5.41, 5.74) is 0. The Labute approximate surface area is 194 Å². The second kappa shape index (κ2) is 20.1. The Morgan fingerprint density at radius 3 is 1.14 bits per heavy atom. The Balaban J connectivity index is 4.71. The fraction of sp³-hybridized carbons (Fsp3) is 1.00. The molecule has 2 unspecified atom stereocenters. The molecule has 0 radical (unpaired) electrons. The van der Waals surface area contributed by atoms with Gasteiger partial charge in [0.25, 0.3) is 0 Å². The van der Waals surface area contributed by atoms with Gasteiger partial charge in [-0.25, -0.2) is 0 Å². The Morgan fingerprint density at radius 1 is 0.448 bits per heavy atom. The van der Waals surface area contributed by atoms with Crippen LogP contribution in [0.3, 0.4) is 0 Å². The van der Waals surface area contributed by atoms with Crippen LogP contribution in [0.2, 0.25) is 18.8 Å². The van der Waals surface area contributed by atoms with E-state index in [-0.39, 0.29) is 0 Å².